The molecule has 0 aliphatic carbocycles. The molecule has 0 fully saturated rings. The molecule has 0 aliphatic heterocycles. The lowest BCUT2D eigenvalue weighted by atomic mass is 9.88. The third-order valence-electron chi connectivity index (χ3n) is 3.25. The molecule has 2 aromatic heterocycles. The highest BCUT2D eigenvalue weighted by Crippen LogP contribution is 2.27. The van der Waals surface area contributed by atoms with Gasteiger partial charge in [-0.15, -0.1) is 11.3 Å². The predicted octanol–water partition coefficient (Wildman–Crippen LogP) is 5.00. The van der Waals surface area contributed by atoms with E-state index in [0.29, 0.717) is 6.04 Å². The summed E-state index contributed by atoms with van der Waals surface area (Å²) in [6, 6.07) is 8.87. The third-order valence-corrected chi connectivity index (χ3v) is 4.23. The van der Waals surface area contributed by atoms with Crippen molar-refractivity contribution in [3.8, 4) is 0 Å². The van der Waals surface area contributed by atoms with E-state index in [4.69, 9.17) is 0 Å². The van der Waals surface area contributed by atoms with Gasteiger partial charge in [-0.25, -0.2) is 4.98 Å². The Labute approximate surface area is 119 Å². The smallest absolute Gasteiger partial charge is 0.126 e. The Hall–Kier alpha value is -1.35. The highest BCUT2D eigenvalue weighted by molar-refractivity contribution is 7.10. The first kappa shape index (κ1) is 14.1. The molecule has 19 heavy (non-hydrogen) atoms. The molecule has 3 heteroatoms. The zero-order valence-corrected chi connectivity index (χ0v) is 12.9. The van der Waals surface area contributed by atoms with Crippen LogP contribution >= 0.6 is 11.3 Å². The average Bonchev–Trinajstić information content (AvgIpc) is 2.89. The van der Waals surface area contributed by atoms with E-state index in [0.717, 1.165) is 12.2 Å². The van der Waals surface area contributed by atoms with Crippen molar-refractivity contribution in [2.24, 2.45) is 0 Å². The maximum Gasteiger partial charge on any atom is 0.126 e. The van der Waals surface area contributed by atoms with Crippen molar-refractivity contribution in [2.75, 3.05) is 5.32 Å². The van der Waals surface area contributed by atoms with E-state index in [-0.39, 0.29) is 5.41 Å². The molecule has 1 unspecified atom stereocenters. The molecular weight excluding hydrogens is 252 g/mol. The molecule has 0 amide bonds. The van der Waals surface area contributed by atoms with Gasteiger partial charge in [-0.3, -0.25) is 0 Å². The number of hydrogen-bond acceptors (Lipinski definition) is 3. The van der Waals surface area contributed by atoms with Crippen LogP contribution in [-0.4, -0.2) is 4.98 Å². The van der Waals surface area contributed by atoms with Gasteiger partial charge in [0.2, 0.25) is 0 Å². The highest BCUT2D eigenvalue weighted by atomic mass is 32.1. The van der Waals surface area contributed by atoms with E-state index < -0.39 is 0 Å². The summed E-state index contributed by atoms with van der Waals surface area (Å²) >= 11 is 1.79. The molecule has 2 aromatic rings. The fraction of sp³-hybridized carbons (Fsp3) is 0.438. The molecule has 0 bridgehead atoms. The second-order valence-electron chi connectivity index (χ2n) is 5.80. The lowest BCUT2D eigenvalue weighted by Crippen LogP contribution is -2.13. The SMILES string of the molecule is CCC(Nc1ccc(C(C)(C)C)cn1)c1cccs1. The van der Waals surface area contributed by atoms with Gasteiger partial charge in [0, 0.05) is 11.1 Å². The summed E-state index contributed by atoms with van der Waals surface area (Å²) in [5.74, 6) is 0.952. The number of thiophene rings is 1. The van der Waals surface area contributed by atoms with E-state index in [1.165, 1.54) is 10.4 Å². The van der Waals surface area contributed by atoms with Gasteiger partial charge in [0.05, 0.1) is 6.04 Å². The van der Waals surface area contributed by atoms with Crippen molar-refractivity contribution < 1.29 is 0 Å². The summed E-state index contributed by atoms with van der Waals surface area (Å²) in [6.07, 6.45) is 3.03. The van der Waals surface area contributed by atoms with Gasteiger partial charge in [-0.1, -0.05) is 39.8 Å². The second-order valence-corrected chi connectivity index (χ2v) is 6.78. The normalized spacial score (nSPS) is 13.3. The van der Waals surface area contributed by atoms with E-state index >= 15 is 0 Å². The van der Waals surface area contributed by atoms with Crippen molar-refractivity contribution in [3.63, 3.8) is 0 Å². The zero-order valence-electron chi connectivity index (χ0n) is 12.1. The lowest BCUT2D eigenvalue weighted by molar-refractivity contribution is 0.587. The first-order chi connectivity index (χ1) is 9.00. The summed E-state index contributed by atoms with van der Waals surface area (Å²) in [4.78, 5) is 5.90. The molecule has 2 nitrogen and oxygen atoms in total. The van der Waals surface area contributed by atoms with Gasteiger partial charge >= 0.3 is 0 Å². The van der Waals surface area contributed by atoms with Crippen molar-refractivity contribution in [1.82, 2.24) is 4.98 Å². The monoisotopic (exact) mass is 274 g/mol. The Kier molecular flexibility index (Phi) is 4.25. The molecule has 0 aliphatic rings. The van der Waals surface area contributed by atoms with Crippen LogP contribution < -0.4 is 5.32 Å². The summed E-state index contributed by atoms with van der Waals surface area (Å²) in [7, 11) is 0. The molecular formula is C16H22N2S. The van der Waals surface area contributed by atoms with Gasteiger partial charge in [0.25, 0.3) is 0 Å². The minimum atomic E-state index is 0.156. The van der Waals surface area contributed by atoms with E-state index in [9.17, 15) is 0 Å². The van der Waals surface area contributed by atoms with Crippen LogP contribution in [0, 0.1) is 0 Å². The summed E-state index contributed by atoms with van der Waals surface area (Å²) in [5.41, 5.74) is 1.42. The minimum absolute atomic E-state index is 0.156. The van der Waals surface area contributed by atoms with Crippen molar-refractivity contribution >= 4 is 17.2 Å². The third kappa shape index (κ3) is 3.57. The van der Waals surface area contributed by atoms with Gasteiger partial charge < -0.3 is 5.32 Å². The molecule has 0 aromatic carbocycles. The molecule has 0 saturated carbocycles. The molecule has 1 N–H and O–H groups in total. The van der Waals surface area contributed by atoms with Crippen LogP contribution in [-0.2, 0) is 5.41 Å². The molecule has 102 valence electrons. The Bertz CT molecular complexity index is 495. The standard InChI is InChI=1S/C16H22N2S/c1-5-13(14-7-6-10-19-14)18-15-9-8-12(11-17-15)16(2,3)4/h6-11,13H,5H2,1-4H3,(H,17,18). The Balaban J connectivity index is 2.11. The van der Waals surface area contributed by atoms with Gasteiger partial charge in [-0.2, -0.15) is 0 Å². The van der Waals surface area contributed by atoms with Gasteiger partial charge in [0.15, 0.2) is 0 Å². The second kappa shape index (κ2) is 5.74. The van der Waals surface area contributed by atoms with E-state index in [1.807, 2.05) is 6.20 Å². The van der Waals surface area contributed by atoms with Crippen LogP contribution in [0.1, 0.15) is 50.6 Å². The summed E-state index contributed by atoms with van der Waals surface area (Å²) < 4.78 is 0. The number of nitrogens with zero attached hydrogens (tertiary/aromatic N) is 1. The van der Waals surface area contributed by atoms with Crippen LogP contribution in [0.4, 0.5) is 5.82 Å². The molecule has 2 rings (SSSR count). The van der Waals surface area contributed by atoms with Gasteiger partial charge in [0.1, 0.15) is 5.82 Å². The lowest BCUT2D eigenvalue weighted by Gasteiger charge is -2.20. The maximum absolute atomic E-state index is 4.54. The molecule has 1 atom stereocenters. The Morgan fingerprint density at radius 1 is 1.26 bits per heavy atom. The van der Waals surface area contributed by atoms with Crippen molar-refractivity contribution in [3.05, 3.63) is 46.3 Å². The first-order valence-electron chi connectivity index (χ1n) is 6.77. The molecule has 0 saturated heterocycles. The topological polar surface area (TPSA) is 24.9 Å². The number of nitrogens with one attached hydrogen (secondary N) is 1. The molecule has 0 radical (unpaired) electrons. The Morgan fingerprint density at radius 2 is 2.05 bits per heavy atom. The minimum Gasteiger partial charge on any atom is -0.362 e. The summed E-state index contributed by atoms with van der Waals surface area (Å²) in [6.45, 7) is 8.81. The average molecular weight is 274 g/mol. The van der Waals surface area contributed by atoms with Crippen LogP contribution in [0.15, 0.2) is 35.8 Å². The fourth-order valence-corrected chi connectivity index (χ4v) is 2.83. The summed E-state index contributed by atoms with van der Waals surface area (Å²) in [5, 5.41) is 5.63. The number of pyridine rings is 1. The predicted molar refractivity (Wildman–Crippen MR) is 83.9 cm³/mol. The largest absolute Gasteiger partial charge is 0.362 e. The first-order valence-corrected chi connectivity index (χ1v) is 7.65. The zero-order chi connectivity index (χ0) is 13.9. The maximum atomic E-state index is 4.54. The van der Waals surface area contributed by atoms with Crippen molar-refractivity contribution in [2.45, 2.75) is 45.6 Å². The van der Waals surface area contributed by atoms with Gasteiger partial charge in [-0.05, 0) is 34.9 Å². The molecule has 0 spiro atoms. The van der Waals surface area contributed by atoms with Crippen LogP contribution in [0.5, 0.6) is 0 Å². The number of hydrogen-bond donors (Lipinski definition) is 1. The fourth-order valence-electron chi connectivity index (χ4n) is 1.97. The van der Waals surface area contributed by atoms with Crippen LogP contribution in [0.25, 0.3) is 0 Å². The van der Waals surface area contributed by atoms with E-state index in [1.54, 1.807) is 11.3 Å². The highest BCUT2D eigenvalue weighted by Gasteiger charge is 2.15. The van der Waals surface area contributed by atoms with Crippen molar-refractivity contribution in [1.29, 1.82) is 0 Å². The quantitative estimate of drug-likeness (QED) is 0.848. The van der Waals surface area contributed by atoms with Crippen LogP contribution in [0.2, 0.25) is 0 Å². The number of aromatic nitrogens is 1. The Morgan fingerprint density at radius 3 is 2.53 bits per heavy atom. The molecule has 2 heterocycles. The van der Waals surface area contributed by atoms with E-state index in [2.05, 4.69) is 67.6 Å². The number of rotatable bonds is 4. The van der Waals surface area contributed by atoms with Crippen LogP contribution in [0.3, 0.4) is 0 Å². The number of anilines is 1.